The van der Waals surface area contributed by atoms with Crippen LogP contribution in [0, 0.1) is 0 Å². The van der Waals surface area contributed by atoms with Gasteiger partial charge in [-0.2, -0.15) is 15.0 Å². The number of para-hydroxylation sites is 1. The smallest absolute Gasteiger partial charge is 0.112 e. The van der Waals surface area contributed by atoms with Crippen molar-refractivity contribution in [1.82, 2.24) is 15.0 Å². The van der Waals surface area contributed by atoms with E-state index in [4.69, 9.17) is 4.74 Å². The Morgan fingerprint density at radius 3 is 2.83 bits per heavy atom. The molecule has 0 fully saturated rings. The zero-order valence-electron chi connectivity index (χ0n) is 10.4. The van der Waals surface area contributed by atoms with Crippen LogP contribution in [0.5, 0.6) is 0 Å². The van der Waals surface area contributed by atoms with Gasteiger partial charge in [0.05, 0.1) is 18.0 Å². The van der Waals surface area contributed by atoms with Gasteiger partial charge in [0.15, 0.2) is 0 Å². The van der Waals surface area contributed by atoms with Crippen molar-refractivity contribution in [3.63, 3.8) is 0 Å². The van der Waals surface area contributed by atoms with Crippen molar-refractivity contribution >= 4 is 0 Å². The Kier molecular flexibility index (Phi) is 4.44. The van der Waals surface area contributed by atoms with Crippen LogP contribution in [0.3, 0.4) is 0 Å². The SMILES string of the molecule is COCCCC(O)c1cnn(-c2ccccc2)n1. The van der Waals surface area contributed by atoms with Crippen LogP contribution < -0.4 is 0 Å². The third kappa shape index (κ3) is 3.15. The van der Waals surface area contributed by atoms with Crippen molar-refractivity contribution in [2.24, 2.45) is 0 Å². The van der Waals surface area contributed by atoms with Crippen LogP contribution in [0.15, 0.2) is 36.5 Å². The van der Waals surface area contributed by atoms with Gasteiger partial charge in [-0.25, -0.2) is 0 Å². The molecule has 0 aliphatic heterocycles. The maximum atomic E-state index is 9.94. The van der Waals surface area contributed by atoms with Crippen LogP contribution in [-0.4, -0.2) is 33.8 Å². The van der Waals surface area contributed by atoms with Crippen LogP contribution in [0.25, 0.3) is 5.69 Å². The highest BCUT2D eigenvalue weighted by molar-refractivity contribution is 5.28. The van der Waals surface area contributed by atoms with E-state index in [1.807, 2.05) is 30.3 Å². The summed E-state index contributed by atoms with van der Waals surface area (Å²) in [5.41, 5.74) is 1.47. The average molecular weight is 247 g/mol. The zero-order valence-corrected chi connectivity index (χ0v) is 10.4. The van der Waals surface area contributed by atoms with Crippen molar-refractivity contribution < 1.29 is 9.84 Å². The van der Waals surface area contributed by atoms with Gasteiger partial charge in [0, 0.05) is 13.7 Å². The lowest BCUT2D eigenvalue weighted by Crippen LogP contribution is -2.03. The molecule has 0 spiro atoms. The van der Waals surface area contributed by atoms with E-state index in [1.165, 1.54) is 4.80 Å². The van der Waals surface area contributed by atoms with E-state index in [-0.39, 0.29) is 0 Å². The number of aliphatic hydroxyl groups excluding tert-OH is 1. The molecule has 0 saturated carbocycles. The molecule has 1 unspecified atom stereocenters. The summed E-state index contributed by atoms with van der Waals surface area (Å²) in [6.45, 7) is 0.643. The lowest BCUT2D eigenvalue weighted by molar-refractivity contribution is 0.133. The molecular weight excluding hydrogens is 230 g/mol. The van der Waals surface area contributed by atoms with Crippen LogP contribution in [0.1, 0.15) is 24.6 Å². The van der Waals surface area contributed by atoms with Gasteiger partial charge in [-0.15, -0.1) is 0 Å². The summed E-state index contributed by atoms with van der Waals surface area (Å²) >= 11 is 0. The summed E-state index contributed by atoms with van der Waals surface area (Å²) in [5, 5.41) is 18.4. The molecular formula is C13H17N3O2. The van der Waals surface area contributed by atoms with Crippen LogP contribution in [0.4, 0.5) is 0 Å². The fourth-order valence-corrected chi connectivity index (χ4v) is 1.68. The molecule has 1 N–H and O–H groups in total. The first-order valence-corrected chi connectivity index (χ1v) is 5.96. The molecule has 0 aliphatic rings. The van der Waals surface area contributed by atoms with Gasteiger partial charge in [-0.1, -0.05) is 18.2 Å². The van der Waals surface area contributed by atoms with E-state index >= 15 is 0 Å². The number of rotatable bonds is 6. The molecule has 0 amide bonds. The second-order valence-corrected chi connectivity index (χ2v) is 4.05. The minimum atomic E-state index is -0.586. The van der Waals surface area contributed by atoms with E-state index in [0.29, 0.717) is 18.7 Å². The monoisotopic (exact) mass is 247 g/mol. The zero-order chi connectivity index (χ0) is 12.8. The number of aliphatic hydroxyl groups is 1. The summed E-state index contributed by atoms with van der Waals surface area (Å²) < 4.78 is 4.95. The molecule has 0 radical (unpaired) electrons. The minimum absolute atomic E-state index is 0.586. The summed E-state index contributed by atoms with van der Waals surface area (Å²) in [4.78, 5) is 1.52. The molecule has 18 heavy (non-hydrogen) atoms. The molecule has 0 saturated heterocycles. The van der Waals surface area contributed by atoms with Crippen LogP contribution in [-0.2, 0) is 4.74 Å². The number of benzene rings is 1. The van der Waals surface area contributed by atoms with Crippen molar-refractivity contribution in [2.45, 2.75) is 18.9 Å². The fourth-order valence-electron chi connectivity index (χ4n) is 1.68. The highest BCUT2D eigenvalue weighted by Crippen LogP contribution is 2.16. The molecule has 1 atom stereocenters. The fraction of sp³-hybridized carbons (Fsp3) is 0.385. The molecule has 5 nitrogen and oxygen atoms in total. The van der Waals surface area contributed by atoms with E-state index in [1.54, 1.807) is 13.3 Å². The standard InChI is InChI=1S/C13H17N3O2/c1-18-9-5-8-13(17)12-10-14-16(15-12)11-6-3-2-4-7-11/h2-4,6-7,10,13,17H,5,8-9H2,1H3. The first kappa shape index (κ1) is 12.7. The summed E-state index contributed by atoms with van der Waals surface area (Å²) in [5.74, 6) is 0. The minimum Gasteiger partial charge on any atom is -0.387 e. The number of nitrogens with zero attached hydrogens (tertiary/aromatic N) is 3. The molecule has 0 aliphatic carbocycles. The first-order valence-electron chi connectivity index (χ1n) is 5.96. The van der Waals surface area contributed by atoms with Crippen molar-refractivity contribution in [3.8, 4) is 5.69 Å². The number of hydrogen-bond donors (Lipinski definition) is 1. The Morgan fingerprint density at radius 2 is 2.11 bits per heavy atom. The quantitative estimate of drug-likeness (QED) is 0.790. The summed E-state index contributed by atoms with van der Waals surface area (Å²) in [6, 6.07) is 9.62. The van der Waals surface area contributed by atoms with Crippen molar-refractivity contribution in [2.75, 3.05) is 13.7 Å². The van der Waals surface area contributed by atoms with Gasteiger partial charge in [0.25, 0.3) is 0 Å². The van der Waals surface area contributed by atoms with Gasteiger partial charge in [0.2, 0.25) is 0 Å². The lowest BCUT2D eigenvalue weighted by atomic mass is 10.1. The summed E-state index contributed by atoms with van der Waals surface area (Å²) in [7, 11) is 1.65. The van der Waals surface area contributed by atoms with E-state index in [2.05, 4.69) is 10.2 Å². The van der Waals surface area contributed by atoms with Gasteiger partial charge < -0.3 is 9.84 Å². The molecule has 2 aromatic rings. The van der Waals surface area contributed by atoms with E-state index in [9.17, 15) is 5.11 Å². The third-order valence-corrected chi connectivity index (χ3v) is 2.66. The van der Waals surface area contributed by atoms with E-state index < -0.39 is 6.10 Å². The highest BCUT2D eigenvalue weighted by atomic mass is 16.5. The molecule has 96 valence electrons. The Hall–Kier alpha value is -1.72. The molecule has 2 rings (SSSR count). The topological polar surface area (TPSA) is 60.2 Å². The Labute approximate surface area is 106 Å². The second kappa shape index (κ2) is 6.28. The molecule has 1 heterocycles. The number of hydrogen-bond acceptors (Lipinski definition) is 4. The Morgan fingerprint density at radius 1 is 1.33 bits per heavy atom. The maximum Gasteiger partial charge on any atom is 0.112 e. The second-order valence-electron chi connectivity index (χ2n) is 4.05. The van der Waals surface area contributed by atoms with Crippen LogP contribution >= 0.6 is 0 Å². The van der Waals surface area contributed by atoms with Gasteiger partial charge in [-0.3, -0.25) is 0 Å². The number of methoxy groups -OCH3 is 1. The maximum absolute atomic E-state index is 9.94. The lowest BCUT2D eigenvalue weighted by Gasteiger charge is -2.06. The van der Waals surface area contributed by atoms with Crippen LogP contribution in [0.2, 0.25) is 0 Å². The predicted octanol–water partition coefficient (Wildman–Crippen LogP) is 1.73. The molecule has 5 heteroatoms. The number of ether oxygens (including phenoxy) is 1. The predicted molar refractivity (Wildman–Crippen MR) is 67.4 cm³/mol. The normalized spacial score (nSPS) is 12.6. The molecule has 1 aromatic carbocycles. The van der Waals surface area contributed by atoms with Gasteiger partial charge >= 0.3 is 0 Å². The average Bonchev–Trinajstić information content (AvgIpc) is 2.89. The highest BCUT2D eigenvalue weighted by Gasteiger charge is 2.12. The van der Waals surface area contributed by atoms with Crippen molar-refractivity contribution in [3.05, 3.63) is 42.2 Å². The largest absolute Gasteiger partial charge is 0.387 e. The molecule has 1 aromatic heterocycles. The van der Waals surface area contributed by atoms with Gasteiger partial charge in [0.1, 0.15) is 5.69 Å². The number of aromatic nitrogens is 3. The molecule has 0 bridgehead atoms. The Balaban J connectivity index is 2.02. The summed E-state index contributed by atoms with van der Waals surface area (Å²) in [6.07, 6.45) is 2.44. The van der Waals surface area contributed by atoms with Crippen molar-refractivity contribution in [1.29, 1.82) is 0 Å². The van der Waals surface area contributed by atoms with Gasteiger partial charge in [-0.05, 0) is 25.0 Å². The first-order chi connectivity index (χ1) is 8.81. The third-order valence-electron chi connectivity index (χ3n) is 2.66. The van der Waals surface area contributed by atoms with E-state index in [0.717, 1.165) is 12.1 Å². The Bertz CT molecular complexity index is 470.